The zero-order valence-electron chi connectivity index (χ0n) is 14.5. The average Bonchev–Trinajstić information content (AvgIpc) is 3.27. The van der Waals surface area contributed by atoms with Gasteiger partial charge in [0.1, 0.15) is 11.6 Å². The number of rotatable bonds is 3. The molecule has 0 radical (unpaired) electrons. The summed E-state index contributed by atoms with van der Waals surface area (Å²) in [4.78, 5) is 23.0. The maximum Gasteiger partial charge on any atom is 0.254 e. The Balaban J connectivity index is 1.65. The molecule has 1 N–H and O–H groups in total. The lowest BCUT2D eigenvalue weighted by Crippen LogP contribution is -2.31. The van der Waals surface area contributed by atoms with Crippen molar-refractivity contribution in [2.75, 3.05) is 13.7 Å². The Bertz CT molecular complexity index is 899. The van der Waals surface area contributed by atoms with Crippen molar-refractivity contribution in [3.8, 4) is 5.75 Å². The number of para-hydroxylation sites is 2. The first-order chi connectivity index (χ1) is 12.2. The summed E-state index contributed by atoms with van der Waals surface area (Å²) in [6.07, 6.45) is 1.91. The molecule has 3 aromatic rings. The Morgan fingerprint density at radius 2 is 2.12 bits per heavy atom. The number of aryl methyl sites for hydroxylation is 1. The van der Waals surface area contributed by atoms with Gasteiger partial charge >= 0.3 is 0 Å². The van der Waals surface area contributed by atoms with Gasteiger partial charge in [0.25, 0.3) is 5.91 Å². The fraction of sp³-hybridized carbons (Fsp3) is 0.300. The Kier molecular flexibility index (Phi) is 3.92. The molecule has 1 saturated heterocycles. The van der Waals surface area contributed by atoms with Crippen molar-refractivity contribution >= 4 is 16.9 Å². The third-order valence-electron chi connectivity index (χ3n) is 4.89. The molecule has 5 nitrogen and oxygen atoms in total. The topological polar surface area (TPSA) is 58.2 Å². The van der Waals surface area contributed by atoms with Crippen molar-refractivity contribution in [3.05, 3.63) is 59.4 Å². The number of H-pyrrole nitrogens is 1. The van der Waals surface area contributed by atoms with E-state index in [0.717, 1.165) is 47.6 Å². The summed E-state index contributed by atoms with van der Waals surface area (Å²) in [5.41, 5.74) is 3.63. The number of likely N-dealkylation sites (tertiary alicyclic amines) is 1. The number of carbonyl (C=O) groups is 1. The summed E-state index contributed by atoms with van der Waals surface area (Å²) >= 11 is 0. The summed E-state index contributed by atoms with van der Waals surface area (Å²) in [5, 5.41) is 0. The lowest BCUT2D eigenvalue weighted by atomic mass is 10.1. The SMILES string of the molecule is COc1cc(C(=O)N2CCC[C@@H]2c2nc3ccccc3[nH]2)ccc1C. The predicted molar refractivity (Wildman–Crippen MR) is 96.8 cm³/mol. The lowest BCUT2D eigenvalue weighted by molar-refractivity contribution is 0.0730. The van der Waals surface area contributed by atoms with E-state index in [-0.39, 0.29) is 11.9 Å². The summed E-state index contributed by atoms with van der Waals surface area (Å²) in [5.74, 6) is 1.64. The van der Waals surface area contributed by atoms with Crippen molar-refractivity contribution in [3.63, 3.8) is 0 Å². The number of nitrogens with zero attached hydrogens (tertiary/aromatic N) is 2. The number of carbonyl (C=O) groups excluding carboxylic acids is 1. The second-order valence-electron chi connectivity index (χ2n) is 6.48. The fourth-order valence-electron chi connectivity index (χ4n) is 3.54. The van der Waals surface area contributed by atoms with Crippen LogP contribution in [0.4, 0.5) is 0 Å². The normalized spacial score (nSPS) is 17.2. The molecule has 1 atom stereocenters. The van der Waals surface area contributed by atoms with Crippen LogP contribution in [-0.2, 0) is 0 Å². The summed E-state index contributed by atoms with van der Waals surface area (Å²) < 4.78 is 5.36. The molecule has 1 fully saturated rings. The number of hydrogen-bond acceptors (Lipinski definition) is 3. The van der Waals surface area contributed by atoms with Gasteiger partial charge in [-0.1, -0.05) is 18.2 Å². The molecular formula is C20H21N3O2. The number of ether oxygens (including phenoxy) is 1. The third-order valence-corrected chi connectivity index (χ3v) is 4.89. The second-order valence-corrected chi connectivity index (χ2v) is 6.48. The zero-order valence-corrected chi connectivity index (χ0v) is 14.5. The first-order valence-corrected chi connectivity index (χ1v) is 8.57. The molecule has 1 aromatic heterocycles. The number of amides is 1. The van der Waals surface area contributed by atoms with Gasteiger partial charge in [-0.3, -0.25) is 4.79 Å². The molecule has 2 heterocycles. The van der Waals surface area contributed by atoms with Crippen molar-refractivity contribution < 1.29 is 9.53 Å². The molecular weight excluding hydrogens is 314 g/mol. The smallest absolute Gasteiger partial charge is 0.254 e. The van der Waals surface area contributed by atoms with Crippen molar-refractivity contribution in [1.29, 1.82) is 0 Å². The quantitative estimate of drug-likeness (QED) is 0.791. The van der Waals surface area contributed by atoms with Crippen molar-refractivity contribution in [1.82, 2.24) is 14.9 Å². The molecule has 25 heavy (non-hydrogen) atoms. The van der Waals surface area contributed by atoms with E-state index in [1.54, 1.807) is 7.11 Å². The third kappa shape index (κ3) is 2.76. The number of hydrogen-bond donors (Lipinski definition) is 1. The van der Waals surface area contributed by atoms with Gasteiger partial charge in [-0.05, 0) is 49.6 Å². The van der Waals surface area contributed by atoms with Gasteiger partial charge in [-0.25, -0.2) is 4.98 Å². The molecule has 2 aromatic carbocycles. The number of aromatic amines is 1. The van der Waals surface area contributed by atoms with Crippen LogP contribution in [0.1, 0.15) is 40.6 Å². The highest BCUT2D eigenvalue weighted by atomic mass is 16.5. The van der Waals surface area contributed by atoms with E-state index in [2.05, 4.69) is 4.98 Å². The van der Waals surface area contributed by atoms with Gasteiger partial charge in [-0.2, -0.15) is 0 Å². The van der Waals surface area contributed by atoms with E-state index in [4.69, 9.17) is 9.72 Å². The molecule has 0 unspecified atom stereocenters. The van der Waals surface area contributed by atoms with Gasteiger partial charge < -0.3 is 14.6 Å². The largest absolute Gasteiger partial charge is 0.496 e. The minimum absolute atomic E-state index is 0.00722. The van der Waals surface area contributed by atoms with Crippen molar-refractivity contribution in [2.24, 2.45) is 0 Å². The maximum atomic E-state index is 13.1. The van der Waals surface area contributed by atoms with Crippen molar-refractivity contribution in [2.45, 2.75) is 25.8 Å². The molecule has 0 aliphatic carbocycles. The highest BCUT2D eigenvalue weighted by Crippen LogP contribution is 2.33. The number of nitrogens with one attached hydrogen (secondary N) is 1. The first kappa shape index (κ1) is 15.7. The van der Waals surface area contributed by atoms with Gasteiger partial charge in [-0.15, -0.1) is 0 Å². The number of fused-ring (bicyclic) bond motifs is 1. The molecule has 1 aliphatic rings. The van der Waals surface area contributed by atoms with Gasteiger partial charge in [0.05, 0.1) is 24.2 Å². The van der Waals surface area contributed by atoms with Gasteiger partial charge in [0.2, 0.25) is 0 Å². The monoisotopic (exact) mass is 335 g/mol. The van der Waals surface area contributed by atoms with Crippen LogP contribution >= 0.6 is 0 Å². The Labute approximate surface area is 146 Å². The minimum Gasteiger partial charge on any atom is -0.496 e. The van der Waals surface area contributed by atoms with Crippen LogP contribution in [0.25, 0.3) is 11.0 Å². The maximum absolute atomic E-state index is 13.1. The summed E-state index contributed by atoms with van der Waals surface area (Å²) in [7, 11) is 1.63. The molecule has 0 bridgehead atoms. The summed E-state index contributed by atoms with van der Waals surface area (Å²) in [6, 6.07) is 13.6. The van der Waals surface area contributed by atoms with Crippen LogP contribution in [0.15, 0.2) is 42.5 Å². The van der Waals surface area contributed by atoms with E-state index in [0.29, 0.717) is 5.56 Å². The molecule has 0 spiro atoms. The minimum atomic E-state index is -0.00722. The highest BCUT2D eigenvalue weighted by Gasteiger charge is 2.32. The molecule has 1 aliphatic heterocycles. The lowest BCUT2D eigenvalue weighted by Gasteiger charge is -2.23. The summed E-state index contributed by atoms with van der Waals surface area (Å²) in [6.45, 7) is 2.72. The Hall–Kier alpha value is -2.82. The van der Waals surface area contributed by atoms with Crippen LogP contribution < -0.4 is 4.74 Å². The zero-order chi connectivity index (χ0) is 17.4. The number of imidazole rings is 1. The van der Waals surface area contributed by atoms with Crippen LogP contribution in [0.3, 0.4) is 0 Å². The van der Waals surface area contributed by atoms with E-state index < -0.39 is 0 Å². The van der Waals surface area contributed by atoms with Gasteiger partial charge in [0.15, 0.2) is 0 Å². The van der Waals surface area contributed by atoms with Crippen LogP contribution in [0, 0.1) is 6.92 Å². The van der Waals surface area contributed by atoms with E-state index in [1.807, 2.05) is 54.3 Å². The molecule has 0 saturated carbocycles. The van der Waals surface area contributed by atoms with Crippen LogP contribution in [0.2, 0.25) is 0 Å². The van der Waals surface area contributed by atoms with E-state index in [9.17, 15) is 4.79 Å². The standard InChI is InChI=1S/C20H21N3O2/c1-13-9-10-14(12-18(13)25-2)20(24)23-11-5-8-17(23)19-21-15-6-3-4-7-16(15)22-19/h3-4,6-7,9-10,12,17H,5,8,11H2,1-2H3,(H,21,22)/t17-/m1/s1. The highest BCUT2D eigenvalue weighted by molar-refractivity contribution is 5.95. The average molecular weight is 335 g/mol. The van der Waals surface area contributed by atoms with Gasteiger partial charge in [0, 0.05) is 12.1 Å². The van der Waals surface area contributed by atoms with Crippen LogP contribution in [0.5, 0.6) is 5.75 Å². The van der Waals surface area contributed by atoms with E-state index in [1.165, 1.54) is 0 Å². The number of benzene rings is 2. The molecule has 5 heteroatoms. The fourth-order valence-corrected chi connectivity index (χ4v) is 3.54. The van der Waals surface area contributed by atoms with E-state index >= 15 is 0 Å². The number of methoxy groups -OCH3 is 1. The van der Waals surface area contributed by atoms with Crippen LogP contribution in [-0.4, -0.2) is 34.4 Å². The molecule has 128 valence electrons. The Morgan fingerprint density at radius 3 is 2.92 bits per heavy atom. The predicted octanol–water partition coefficient (Wildman–Crippen LogP) is 3.86. The second kappa shape index (κ2) is 6.24. The number of aromatic nitrogens is 2. The Morgan fingerprint density at radius 1 is 1.28 bits per heavy atom. The molecule has 1 amide bonds. The first-order valence-electron chi connectivity index (χ1n) is 8.57. The molecule has 4 rings (SSSR count).